The lowest BCUT2D eigenvalue weighted by atomic mass is 10.2. The first-order chi connectivity index (χ1) is 5.75. The van der Waals surface area contributed by atoms with E-state index in [1.807, 2.05) is 0 Å². The minimum Gasteiger partial charge on any atom is -0.266 e. The Bertz CT molecular complexity index is 356. The fraction of sp³-hybridized carbons (Fsp3) is 0. The molecule has 1 aromatic carbocycles. The number of hydrogen-bond acceptors (Lipinski definition) is 2. The predicted octanol–water partition coefficient (Wildman–Crippen LogP) is 1.93. The van der Waals surface area contributed by atoms with Crippen molar-refractivity contribution in [2.45, 2.75) is 0 Å². The van der Waals surface area contributed by atoms with Crippen molar-refractivity contribution in [2.75, 3.05) is 0 Å². The lowest BCUT2D eigenvalue weighted by Gasteiger charge is -1.95. The lowest BCUT2D eigenvalue weighted by molar-refractivity contribution is 0.100. The highest BCUT2D eigenvalue weighted by Crippen LogP contribution is 2.16. The van der Waals surface area contributed by atoms with Crippen molar-refractivity contribution in [1.29, 1.82) is 0 Å². The summed E-state index contributed by atoms with van der Waals surface area (Å²) in [5.74, 6) is -0.586. The Balaban J connectivity index is 3.11. The standard InChI is InChI=1S/C8H4BrNO2/c9-7-4-2-1-3-6(7)8(12)10-5-11/h1-4H. The fourth-order valence-corrected chi connectivity index (χ4v) is 1.19. The number of aliphatic imine (C=N–C) groups is 1. The minimum absolute atomic E-state index is 0.362. The number of carbonyl (C=O) groups is 1. The van der Waals surface area contributed by atoms with E-state index in [4.69, 9.17) is 0 Å². The number of carbonyl (C=O) groups excluding carboxylic acids is 2. The SMILES string of the molecule is O=C=NC(=O)c1ccccc1Br. The third-order valence-electron chi connectivity index (χ3n) is 1.25. The molecule has 0 unspecified atom stereocenters. The molecule has 1 rings (SSSR count). The molecule has 0 fully saturated rings. The monoisotopic (exact) mass is 225 g/mol. The summed E-state index contributed by atoms with van der Waals surface area (Å²) in [7, 11) is 0. The maximum atomic E-state index is 11.0. The van der Waals surface area contributed by atoms with Gasteiger partial charge in [-0.1, -0.05) is 12.1 Å². The maximum absolute atomic E-state index is 11.0. The number of amides is 1. The molecule has 1 amide bonds. The van der Waals surface area contributed by atoms with E-state index >= 15 is 0 Å². The molecular weight excluding hydrogens is 222 g/mol. The van der Waals surface area contributed by atoms with Crippen LogP contribution < -0.4 is 0 Å². The van der Waals surface area contributed by atoms with Crippen molar-refractivity contribution >= 4 is 27.9 Å². The zero-order valence-electron chi connectivity index (χ0n) is 5.95. The van der Waals surface area contributed by atoms with Crippen LogP contribution >= 0.6 is 15.9 Å². The summed E-state index contributed by atoms with van der Waals surface area (Å²) >= 11 is 3.16. The molecule has 3 nitrogen and oxygen atoms in total. The quantitative estimate of drug-likeness (QED) is 0.542. The van der Waals surface area contributed by atoms with Gasteiger partial charge in [-0.2, -0.15) is 0 Å². The normalized spacial score (nSPS) is 8.75. The molecule has 0 radical (unpaired) electrons. The molecule has 0 aliphatic carbocycles. The van der Waals surface area contributed by atoms with Crippen LogP contribution in [-0.2, 0) is 4.79 Å². The molecule has 0 aliphatic heterocycles. The Labute approximate surface area is 77.2 Å². The van der Waals surface area contributed by atoms with E-state index in [1.165, 1.54) is 6.08 Å². The first-order valence-corrected chi connectivity index (χ1v) is 3.91. The van der Waals surface area contributed by atoms with E-state index in [-0.39, 0.29) is 0 Å². The summed E-state index contributed by atoms with van der Waals surface area (Å²) in [6, 6.07) is 6.74. The number of nitrogens with zero attached hydrogens (tertiary/aromatic N) is 1. The van der Waals surface area contributed by atoms with Crippen molar-refractivity contribution in [2.24, 2.45) is 4.99 Å². The van der Waals surface area contributed by atoms with Gasteiger partial charge in [-0.05, 0) is 28.1 Å². The molecule has 0 spiro atoms. The van der Waals surface area contributed by atoms with Crippen molar-refractivity contribution in [3.05, 3.63) is 34.3 Å². The third kappa shape index (κ3) is 1.87. The molecule has 12 heavy (non-hydrogen) atoms. The van der Waals surface area contributed by atoms with Crippen LogP contribution in [-0.4, -0.2) is 12.0 Å². The van der Waals surface area contributed by atoms with Crippen LogP contribution in [0.25, 0.3) is 0 Å². The van der Waals surface area contributed by atoms with Gasteiger partial charge in [0.05, 0.1) is 5.56 Å². The molecule has 0 saturated carbocycles. The minimum atomic E-state index is -0.586. The molecule has 60 valence electrons. The van der Waals surface area contributed by atoms with Gasteiger partial charge in [0.15, 0.2) is 0 Å². The topological polar surface area (TPSA) is 46.5 Å². The summed E-state index contributed by atoms with van der Waals surface area (Å²) in [6.07, 6.45) is 1.20. The first kappa shape index (κ1) is 8.84. The summed E-state index contributed by atoms with van der Waals surface area (Å²) < 4.78 is 0.619. The van der Waals surface area contributed by atoms with Gasteiger partial charge in [-0.15, -0.1) is 4.99 Å². The van der Waals surface area contributed by atoms with Gasteiger partial charge in [0.1, 0.15) is 0 Å². The molecule has 0 N–H and O–H groups in total. The number of hydrogen-bond donors (Lipinski definition) is 0. The summed E-state index contributed by atoms with van der Waals surface area (Å²) in [5.41, 5.74) is 0.362. The van der Waals surface area contributed by atoms with Crippen LogP contribution in [0.4, 0.5) is 0 Å². The Morgan fingerprint density at radius 2 is 2.08 bits per heavy atom. The number of halogens is 1. The highest BCUT2D eigenvalue weighted by atomic mass is 79.9. The molecule has 0 bridgehead atoms. The molecule has 0 aromatic heterocycles. The Kier molecular flexibility index (Phi) is 2.91. The van der Waals surface area contributed by atoms with Gasteiger partial charge in [-0.3, -0.25) is 4.79 Å². The summed E-state index contributed by atoms with van der Waals surface area (Å²) in [6.45, 7) is 0. The summed E-state index contributed by atoms with van der Waals surface area (Å²) in [4.78, 5) is 23.8. The second kappa shape index (κ2) is 3.95. The molecule has 0 aliphatic rings. The number of benzene rings is 1. The van der Waals surface area contributed by atoms with Crippen molar-refractivity contribution in [1.82, 2.24) is 0 Å². The molecule has 4 heteroatoms. The van der Waals surface area contributed by atoms with Crippen molar-refractivity contribution < 1.29 is 9.59 Å². The van der Waals surface area contributed by atoms with E-state index in [1.54, 1.807) is 24.3 Å². The molecular formula is C8H4BrNO2. The van der Waals surface area contributed by atoms with Gasteiger partial charge in [0, 0.05) is 4.47 Å². The van der Waals surface area contributed by atoms with Gasteiger partial charge in [-0.25, -0.2) is 4.79 Å². The van der Waals surface area contributed by atoms with Crippen LogP contribution in [0.5, 0.6) is 0 Å². The van der Waals surface area contributed by atoms with Gasteiger partial charge >= 0.3 is 0 Å². The number of rotatable bonds is 1. The van der Waals surface area contributed by atoms with Crippen LogP contribution in [0, 0.1) is 0 Å². The number of isocyanates is 1. The second-order valence-corrected chi connectivity index (χ2v) is 2.84. The average Bonchev–Trinajstić information content (AvgIpc) is 2.05. The van der Waals surface area contributed by atoms with Gasteiger partial charge in [0.2, 0.25) is 6.08 Å². The summed E-state index contributed by atoms with van der Waals surface area (Å²) in [5, 5.41) is 0. The van der Waals surface area contributed by atoms with Gasteiger partial charge in [0.25, 0.3) is 5.91 Å². The van der Waals surface area contributed by atoms with Gasteiger partial charge < -0.3 is 0 Å². The van der Waals surface area contributed by atoms with Crippen LogP contribution in [0.15, 0.2) is 33.7 Å². The molecule has 0 atom stereocenters. The smallest absolute Gasteiger partial charge is 0.266 e. The molecule has 0 heterocycles. The fourth-order valence-electron chi connectivity index (χ4n) is 0.736. The van der Waals surface area contributed by atoms with Crippen molar-refractivity contribution in [3.8, 4) is 0 Å². The Morgan fingerprint density at radius 3 is 2.67 bits per heavy atom. The highest BCUT2D eigenvalue weighted by Gasteiger charge is 2.06. The van der Waals surface area contributed by atoms with E-state index in [2.05, 4.69) is 20.9 Å². The molecule has 1 aromatic rings. The van der Waals surface area contributed by atoms with E-state index < -0.39 is 5.91 Å². The second-order valence-electron chi connectivity index (χ2n) is 1.99. The van der Waals surface area contributed by atoms with E-state index in [0.29, 0.717) is 10.0 Å². The zero-order chi connectivity index (χ0) is 8.97. The first-order valence-electron chi connectivity index (χ1n) is 3.12. The highest BCUT2D eigenvalue weighted by molar-refractivity contribution is 9.10. The van der Waals surface area contributed by atoms with Crippen LogP contribution in [0.3, 0.4) is 0 Å². The predicted molar refractivity (Wildman–Crippen MR) is 46.6 cm³/mol. The third-order valence-corrected chi connectivity index (χ3v) is 1.94. The molecule has 0 saturated heterocycles. The van der Waals surface area contributed by atoms with Crippen molar-refractivity contribution in [3.63, 3.8) is 0 Å². The Morgan fingerprint density at radius 1 is 1.42 bits per heavy atom. The maximum Gasteiger partial charge on any atom is 0.288 e. The van der Waals surface area contributed by atoms with Crippen LogP contribution in [0.2, 0.25) is 0 Å². The average molecular weight is 226 g/mol. The largest absolute Gasteiger partial charge is 0.288 e. The zero-order valence-corrected chi connectivity index (χ0v) is 7.54. The van der Waals surface area contributed by atoms with Crippen LogP contribution in [0.1, 0.15) is 10.4 Å². The Hall–Kier alpha value is -1.25. The van der Waals surface area contributed by atoms with E-state index in [0.717, 1.165) is 0 Å². The van der Waals surface area contributed by atoms with E-state index in [9.17, 15) is 9.59 Å². The lowest BCUT2D eigenvalue weighted by Crippen LogP contribution is -1.94.